The molecular formula is C18H20FNO2. The molecule has 0 heterocycles. The number of nitrogens with one attached hydrogen (secondary N) is 1. The molecule has 4 heteroatoms. The Balaban J connectivity index is 2.17. The molecular weight excluding hydrogens is 281 g/mol. The third-order valence-electron chi connectivity index (χ3n) is 3.48. The molecule has 0 saturated heterocycles. The minimum atomic E-state index is -0.532. The highest BCUT2D eigenvalue weighted by atomic mass is 19.1. The third kappa shape index (κ3) is 3.64. The van der Waals surface area contributed by atoms with Crippen LogP contribution in [-0.2, 0) is 6.67 Å². The van der Waals surface area contributed by atoms with Crippen molar-refractivity contribution in [3.63, 3.8) is 0 Å². The highest BCUT2D eigenvalue weighted by molar-refractivity contribution is 6.04. The second-order valence-corrected chi connectivity index (χ2v) is 5.40. The van der Waals surface area contributed by atoms with Crippen molar-refractivity contribution in [2.45, 2.75) is 26.4 Å². The number of anilines is 1. The summed E-state index contributed by atoms with van der Waals surface area (Å²) >= 11 is 0. The van der Waals surface area contributed by atoms with Gasteiger partial charge in [-0.25, -0.2) is 4.39 Å². The Morgan fingerprint density at radius 2 is 1.86 bits per heavy atom. The lowest BCUT2D eigenvalue weighted by molar-refractivity contribution is 0.102. The molecule has 0 aliphatic rings. The van der Waals surface area contributed by atoms with E-state index in [9.17, 15) is 9.18 Å². The first kappa shape index (κ1) is 16.0. The van der Waals surface area contributed by atoms with E-state index in [1.165, 1.54) is 0 Å². The Bertz CT molecular complexity index is 651. The average Bonchev–Trinajstić information content (AvgIpc) is 2.54. The molecule has 2 aromatic rings. The van der Waals surface area contributed by atoms with E-state index in [0.717, 1.165) is 11.3 Å². The molecule has 22 heavy (non-hydrogen) atoms. The highest BCUT2D eigenvalue weighted by Gasteiger charge is 2.11. The Kier molecular flexibility index (Phi) is 5.15. The first-order valence-electron chi connectivity index (χ1n) is 7.19. The zero-order valence-corrected chi connectivity index (χ0v) is 13.0. The summed E-state index contributed by atoms with van der Waals surface area (Å²) in [7, 11) is 1.61. The first-order chi connectivity index (χ1) is 10.5. The molecule has 2 rings (SSSR count). The number of methoxy groups -OCH3 is 1. The van der Waals surface area contributed by atoms with Gasteiger partial charge in [0.05, 0.1) is 7.11 Å². The van der Waals surface area contributed by atoms with Crippen molar-refractivity contribution in [3.05, 3.63) is 59.2 Å². The molecule has 116 valence electrons. The summed E-state index contributed by atoms with van der Waals surface area (Å²) in [6.45, 7) is 3.64. The summed E-state index contributed by atoms with van der Waals surface area (Å²) in [5.74, 6) is 0.860. The van der Waals surface area contributed by atoms with Crippen molar-refractivity contribution in [2.24, 2.45) is 0 Å². The molecule has 1 N–H and O–H groups in total. The van der Waals surface area contributed by atoms with Crippen LogP contribution in [-0.4, -0.2) is 13.0 Å². The van der Waals surface area contributed by atoms with Crippen LogP contribution >= 0.6 is 0 Å². The maximum absolute atomic E-state index is 12.5. The summed E-state index contributed by atoms with van der Waals surface area (Å²) in [6, 6.07) is 12.1. The van der Waals surface area contributed by atoms with E-state index < -0.39 is 6.67 Å². The minimum Gasteiger partial charge on any atom is -0.496 e. The van der Waals surface area contributed by atoms with Gasteiger partial charge in [0.2, 0.25) is 0 Å². The van der Waals surface area contributed by atoms with Gasteiger partial charge in [-0.15, -0.1) is 0 Å². The lowest BCUT2D eigenvalue weighted by Crippen LogP contribution is -2.12. The molecule has 0 bridgehead atoms. The number of hydrogen-bond acceptors (Lipinski definition) is 2. The number of carbonyl (C=O) groups excluding carboxylic acids is 1. The zero-order chi connectivity index (χ0) is 16.1. The summed E-state index contributed by atoms with van der Waals surface area (Å²) in [4.78, 5) is 12.2. The molecule has 3 nitrogen and oxygen atoms in total. The maximum atomic E-state index is 12.5. The summed E-state index contributed by atoms with van der Waals surface area (Å²) in [6.07, 6.45) is 0. The summed E-state index contributed by atoms with van der Waals surface area (Å²) in [5.41, 5.74) is 2.80. The Hall–Kier alpha value is -2.36. The molecule has 0 aromatic heterocycles. The number of hydrogen-bond donors (Lipinski definition) is 1. The summed E-state index contributed by atoms with van der Waals surface area (Å²) in [5, 5.41) is 2.82. The molecule has 0 aliphatic carbocycles. The highest BCUT2D eigenvalue weighted by Crippen LogP contribution is 2.29. The van der Waals surface area contributed by atoms with Gasteiger partial charge in [0.1, 0.15) is 12.4 Å². The van der Waals surface area contributed by atoms with Gasteiger partial charge in [0, 0.05) is 17.3 Å². The van der Waals surface area contributed by atoms with Gasteiger partial charge >= 0.3 is 0 Å². The normalized spacial score (nSPS) is 10.6. The Morgan fingerprint density at radius 3 is 2.41 bits per heavy atom. The average molecular weight is 301 g/mol. The maximum Gasteiger partial charge on any atom is 0.255 e. The van der Waals surface area contributed by atoms with E-state index in [1.54, 1.807) is 31.4 Å². The molecule has 0 fully saturated rings. The molecule has 2 aromatic carbocycles. The molecule has 0 radical (unpaired) electrons. The van der Waals surface area contributed by atoms with Crippen LogP contribution in [0.3, 0.4) is 0 Å². The van der Waals surface area contributed by atoms with Crippen molar-refractivity contribution >= 4 is 11.6 Å². The SMILES string of the molecule is COc1cc(NC(=O)c2ccc(CF)cc2)ccc1C(C)C. The van der Waals surface area contributed by atoms with Gasteiger partial charge in [-0.2, -0.15) is 0 Å². The van der Waals surface area contributed by atoms with Crippen LogP contribution in [0.5, 0.6) is 5.75 Å². The smallest absolute Gasteiger partial charge is 0.255 e. The number of ether oxygens (including phenoxy) is 1. The second kappa shape index (κ2) is 7.07. The summed E-state index contributed by atoms with van der Waals surface area (Å²) < 4.78 is 17.8. The van der Waals surface area contributed by atoms with Crippen LogP contribution in [0.2, 0.25) is 0 Å². The standard InChI is InChI=1S/C18H20FNO2/c1-12(2)16-9-8-15(10-17(16)22-3)20-18(21)14-6-4-13(11-19)5-7-14/h4-10,12H,11H2,1-3H3,(H,20,21). The minimum absolute atomic E-state index is 0.232. The number of alkyl halides is 1. The first-order valence-corrected chi connectivity index (χ1v) is 7.19. The molecule has 1 amide bonds. The number of amides is 1. The Labute approximate surface area is 130 Å². The second-order valence-electron chi connectivity index (χ2n) is 5.40. The zero-order valence-electron chi connectivity index (χ0n) is 13.0. The fraction of sp³-hybridized carbons (Fsp3) is 0.278. The Morgan fingerprint density at radius 1 is 1.18 bits per heavy atom. The fourth-order valence-electron chi connectivity index (χ4n) is 2.21. The van der Waals surface area contributed by atoms with Gasteiger partial charge in [0.25, 0.3) is 5.91 Å². The molecule has 0 spiro atoms. The number of halogens is 1. The van der Waals surface area contributed by atoms with Crippen LogP contribution < -0.4 is 10.1 Å². The van der Waals surface area contributed by atoms with Gasteiger partial charge < -0.3 is 10.1 Å². The molecule has 0 unspecified atom stereocenters. The van der Waals surface area contributed by atoms with E-state index >= 15 is 0 Å². The van der Waals surface area contributed by atoms with Crippen LogP contribution in [0.15, 0.2) is 42.5 Å². The lowest BCUT2D eigenvalue weighted by atomic mass is 10.0. The van der Waals surface area contributed by atoms with Gasteiger partial charge in [-0.3, -0.25) is 4.79 Å². The van der Waals surface area contributed by atoms with Crippen molar-refractivity contribution < 1.29 is 13.9 Å². The van der Waals surface area contributed by atoms with Gasteiger partial charge in [-0.05, 0) is 35.2 Å². The van der Waals surface area contributed by atoms with Crippen LogP contribution in [0.1, 0.15) is 41.3 Å². The lowest BCUT2D eigenvalue weighted by Gasteiger charge is -2.14. The fourth-order valence-corrected chi connectivity index (χ4v) is 2.21. The van der Waals surface area contributed by atoms with E-state index in [4.69, 9.17) is 4.74 Å². The predicted octanol–water partition coefficient (Wildman–Crippen LogP) is 4.54. The largest absolute Gasteiger partial charge is 0.496 e. The predicted molar refractivity (Wildman–Crippen MR) is 86.3 cm³/mol. The van der Waals surface area contributed by atoms with Crippen molar-refractivity contribution in [1.82, 2.24) is 0 Å². The van der Waals surface area contributed by atoms with Crippen molar-refractivity contribution in [1.29, 1.82) is 0 Å². The van der Waals surface area contributed by atoms with Crippen LogP contribution in [0, 0.1) is 0 Å². The van der Waals surface area contributed by atoms with E-state index in [1.807, 2.05) is 18.2 Å². The van der Waals surface area contributed by atoms with Crippen LogP contribution in [0.25, 0.3) is 0 Å². The van der Waals surface area contributed by atoms with Crippen molar-refractivity contribution in [3.8, 4) is 5.75 Å². The van der Waals surface area contributed by atoms with Gasteiger partial charge in [0.15, 0.2) is 0 Å². The van der Waals surface area contributed by atoms with Gasteiger partial charge in [-0.1, -0.05) is 32.0 Å². The molecule has 0 atom stereocenters. The van der Waals surface area contributed by atoms with Crippen LogP contribution in [0.4, 0.5) is 10.1 Å². The topological polar surface area (TPSA) is 38.3 Å². The van der Waals surface area contributed by atoms with E-state index in [0.29, 0.717) is 22.7 Å². The monoisotopic (exact) mass is 301 g/mol. The number of carbonyl (C=O) groups is 1. The van der Waals surface area contributed by atoms with E-state index in [2.05, 4.69) is 19.2 Å². The quantitative estimate of drug-likeness (QED) is 0.880. The van der Waals surface area contributed by atoms with Crippen molar-refractivity contribution in [2.75, 3.05) is 12.4 Å². The third-order valence-corrected chi connectivity index (χ3v) is 3.48. The molecule has 0 aliphatic heterocycles. The van der Waals surface area contributed by atoms with E-state index in [-0.39, 0.29) is 5.91 Å². The number of rotatable bonds is 5. The number of benzene rings is 2. The molecule has 0 saturated carbocycles.